The lowest BCUT2D eigenvalue weighted by Gasteiger charge is -2.20. The normalized spacial score (nSPS) is 15.9. The molecular weight excluding hydrogens is 414 g/mol. The number of aryl methyl sites for hydroxylation is 1. The van der Waals surface area contributed by atoms with Gasteiger partial charge in [0.1, 0.15) is 17.7 Å². The summed E-state index contributed by atoms with van der Waals surface area (Å²) >= 11 is 0. The van der Waals surface area contributed by atoms with Crippen molar-refractivity contribution in [3.63, 3.8) is 0 Å². The fraction of sp³-hybridized carbons (Fsp3) is 0.231. The fourth-order valence-electron chi connectivity index (χ4n) is 4.08. The number of ether oxygens (including phenoxy) is 2. The van der Waals surface area contributed by atoms with E-state index in [-0.39, 0.29) is 6.10 Å². The van der Waals surface area contributed by atoms with Crippen LogP contribution in [0.5, 0.6) is 11.6 Å². The van der Waals surface area contributed by atoms with Crippen LogP contribution in [-0.2, 0) is 6.54 Å². The highest BCUT2D eigenvalue weighted by Crippen LogP contribution is 2.32. The predicted molar refractivity (Wildman–Crippen MR) is 129 cm³/mol. The molecule has 0 fully saturated rings. The second-order valence-corrected chi connectivity index (χ2v) is 8.31. The second kappa shape index (κ2) is 8.96. The zero-order valence-electron chi connectivity index (χ0n) is 19.0. The van der Waals surface area contributed by atoms with Crippen molar-refractivity contribution in [2.45, 2.75) is 19.6 Å². The van der Waals surface area contributed by atoms with E-state index in [0.717, 1.165) is 52.9 Å². The first kappa shape index (κ1) is 21.0. The number of pyridine rings is 1. The lowest BCUT2D eigenvalue weighted by atomic mass is 10.1. The third-order valence-electron chi connectivity index (χ3n) is 5.72. The number of imidazole rings is 1. The summed E-state index contributed by atoms with van der Waals surface area (Å²) in [4.78, 5) is 11.4. The summed E-state index contributed by atoms with van der Waals surface area (Å²) in [5, 5.41) is 3.39. The average molecular weight is 442 g/mol. The average Bonchev–Trinajstić information content (AvgIpc) is 3.18. The molecule has 1 atom stereocenters. The maximum Gasteiger partial charge on any atom is 0.220 e. The molecule has 1 aliphatic heterocycles. The molecule has 3 heterocycles. The van der Waals surface area contributed by atoms with Gasteiger partial charge in [0.05, 0.1) is 24.8 Å². The Kier molecular flexibility index (Phi) is 5.71. The van der Waals surface area contributed by atoms with Gasteiger partial charge in [0.15, 0.2) is 0 Å². The molecule has 1 aliphatic rings. The van der Waals surface area contributed by atoms with Crippen LogP contribution >= 0.6 is 0 Å². The number of anilines is 2. The summed E-state index contributed by atoms with van der Waals surface area (Å²) in [5.41, 5.74) is 4.98. The number of hydrogen-bond acceptors (Lipinski definition) is 6. The Morgan fingerprint density at radius 2 is 1.94 bits per heavy atom. The van der Waals surface area contributed by atoms with Crippen molar-refractivity contribution >= 4 is 11.5 Å². The molecule has 0 aliphatic carbocycles. The number of rotatable bonds is 5. The minimum absolute atomic E-state index is 0.0711. The molecule has 33 heavy (non-hydrogen) atoms. The molecule has 1 N–H and O–H groups in total. The van der Waals surface area contributed by atoms with Crippen LogP contribution < -0.4 is 14.8 Å². The molecule has 168 valence electrons. The van der Waals surface area contributed by atoms with Crippen LogP contribution in [0.25, 0.3) is 5.69 Å². The molecule has 0 spiro atoms. The molecule has 7 heteroatoms. The first-order valence-corrected chi connectivity index (χ1v) is 10.9. The van der Waals surface area contributed by atoms with Crippen molar-refractivity contribution in [2.24, 2.45) is 0 Å². The molecule has 5 rings (SSSR count). The van der Waals surface area contributed by atoms with E-state index in [0.29, 0.717) is 5.88 Å². The largest absolute Gasteiger partial charge is 0.494 e. The van der Waals surface area contributed by atoms with Crippen LogP contribution in [0.1, 0.15) is 22.9 Å². The number of likely N-dealkylation sites (N-methyl/N-ethyl adjacent to an activating group) is 1. The number of aromatic nitrogens is 3. The smallest absolute Gasteiger partial charge is 0.220 e. The Labute approximate surface area is 193 Å². The van der Waals surface area contributed by atoms with Gasteiger partial charge in [-0.1, -0.05) is 30.3 Å². The number of nitrogens with one attached hydrogen (secondary N) is 1. The zero-order valence-corrected chi connectivity index (χ0v) is 19.0. The molecule has 0 unspecified atom stereocenters. The molecule has 7 nitrogen and oxygen atoms in total. The lowest BCUT2D eigenvalue weighted by molar-refractivity contribution is 0.160. The minimum Gasteiger partial charge on any atom is -0.494 e. The Bertz CT molecular complexity index is 1250. The summed E-state index contributed by atoms with van der Waals surface area (Å²) in [7, 11) is 3.78. The summed E-state index contributed by atoms with van der Waals surface area (Å²) in [6, 6.07) is 20.3. The molecule has 0 bridgehead atoms. The maximum atomic E-state index is 6.39. The molecule has 0 saturated heterocycles. The van der Waals surface area contributed by atoms with Crippen LogP contribution in [0.15, 0.2) is 73.2 Å². The number of methoxy groups -OCH3 is 1. The fourth-order valence-corrected chi connectivity index (χ4v) is 4.08. The SMILES string of the molecule is COc1cc(Nc2ccc3c(n2)O[C@H](c2ccccc2)CN(C)C3)ccc1-n1cnc(C)c1. The van der Waals surface area contributed by atoms with Gasteiger partial charge in [-0.3, -0.25) is 4.90 Å². The van der Waals surface area contributed by atoms with Crippen molar-refractivity contribution in [2.75, 3.05) is 26.0 Å². The monoisotopic (exact) mass is 441 g/mol. The van der Waals surface area contributed by atoms with E-state index in [4.69, 9.17) is 14.5 Å². The molecule has 4 aromatic rings. The van der Waals surface area contributed by atoms with Gasteiger partial charge in [-0.2, -0.15) is 4.98 Å². The molecular formula is C26H27N5O2. The van der Waals surface area contributed by atoms with Gasteiger partial charge in [0.25, 0.3) is 0 Å². The van der Waals surface area contributed by atoms with Gasteiger partial charge in [0.2, 0.25) is 5.88 Å². The first-order valence-electron chi connectivity index (χ1n) is 10.9. The Balaban J connectivity index is 1.41. The van der Waals surface area contributed by atoms with Gasteiger partial charge in [0, 0.05) is 36.6 Å². The van der Waals surface area contributed by atoms with E-state index >= 15 is 0 Å². The second-order valence-electron chi connectivity index (χ2n) is 8.31. The molecule has 0 saturated carbocycles. The topological polar surface area (TPSA) is 64.4 Å². The van der Waals surface area contributed by atoms with E-state index in [1.165, 1.54) is 0 Å². The third kappa shape index (κ3) is 4.54. The van der Waals surface area contributed by atoms with E-state index in [1.807, 2.05) is 60.2 Å². The van der Waals surface area contributed by atoms with Gasteiger partial charge in [-0.05, 0) is 43.8 Å². The predicted octanol–water partition coefficient (Wildman–Crippen LogP) is 4.89. The Morgan fingerprint density at radius 3 is 2.70 bits per heavy atom. The molecule has 0 amide bonds. The van der Waals surface area contributed by atoms with Crippen LogP contribution in [-0.4, -0.2) is 40.1 Å². The molecule has 2 aromatic heterocycles. The van der Waals surface area contributed by atoms with Crippen molar-refractivity contribution in [1.29, 1.82) is 0 Å². The van der Waals surface area contributed by atoms with Gasteiger partial charge in [-0.15, -0.1) is 0 Å². The molecule has 2 aromatic carbocycles. The van der Waals surface area contributed by atoms with Crippen molar-refractivity contribution in [3.8, 4) is 17.3 Å². The van der Waals surface area contributed by atoms with Crippen molar-refractivity contribution < 1.29 is 9.47 Å². The van der Waals surface area contributed by atoms with Gasteiger partial charge in [-0.25, -0.2) is 4.98 Å². The minimum atomic E-state index is -0.0711. The lowest BCUT2D eigenvalue weighted by Crippen LogP contribution is -2.24. The summed E-state index contributed by atoms with van der Waals surface area (Å²) < 4.78 is 14.0. The van der Waals surface area contributed by atoms with E-state index in [2.05, 4.69) is 40.4 Å². The third-order valence-corrected chi connectivity index (χ3v) is 5.72. The van der Waals surface area contributed by atoms with E-state index in [1.54, 1.807) is 13.4 Å². The Morgan fingerprint density at radius 1 is 1.09 bits per heavy atom. The number of benzene rings is 2. The van der Waals surface area contributed by atoms with Crippen molar-refractivity contribution in [3.05, 3.63) is 90.0 Å². The molecule has 0 radical (unpaired) electrons. The van der Waals surface area contributed by atoms with E-state index in [9.17, 15) is 0 Å². The van der Waals surface area contributed by atoms with Crippen LogP contribution in [0.3, 0.4) is 0 Å². The first-order chi connectivity index (χ1) is 16.1. The number of nitrogens with zero attached hydrogens (tertiary/aromatic N) is 4. The highest BCUT2D eigenvalue weighted by molar-refractivity contribution is 5.63. The summed E-state index contributed by atoms with van der Waals surface area (Å²) in [6.07, 6.45) is 3.68. The maximum absolute atomic E-state index is 6.39. The Hall–Kier alpha value is -3.84. The highest BCUT2D eigenvalue weighted by Gasteiger charge is 2.23. The number of fused-ring (bicyclic) bond motifs is 1. The van der Waals surface area contributed by atoms with Gasteiger partial charge < -0.3 is 19.4 Å². The number of hydrogen-bond donors (Lipinski definition) is 1. The summed E-state index contributed by atoms with van der Waals surface area (Å²) in [5.74, 6) is 2.13. The van der Waals surface area contributed by atoms with Crippen molar-refractivity contribution in [1.82, 2.24) is 19.4 Å². The summed E-state index contributed by atoms with van der Waals surface area (Å²) in [6.45, 7) is 3.55. The van der Waals surface area contributed by atoms with E-state index < -0.39 is 0 Å². The van der Waals surface area contributed by atoms with Crippen LogP contribution in [0.4, 0.5) is 11.5 Å². The zero-order chi connectivity index (χ0) is 22.8. The quantitative estimate of drug-likeness (QED) is 0.476. The van der Waals surface area contributed by atoms with Crippen LogP contribution in [0, 0.1) is 6.92 Å². The standard InChI is InChI=1S/C26H27N5O2/c1-18-14-31(17-27-18)22-11-10-21(13-23(22)32-3)28-25-12-9-20-15-30(2)16-24(33-26(20)29-25)19-7-5-4-6-8-19/h4-14,17,24H,15-16H2,1-3H3,(H,28,29)/t24-/m0/s1. The van der Waals surface area contributed by atoms with Crippen LogP contribution in [0.2, 0.25) is 0 Å². The highest BCUT2D eigenvalue weighted by atomic mass is 16.5. The van der Waals surface area contributed by atoms with Gasteiger partial charge >= 0.3 is 0 Å².